The lowest BCUT2D eigenvalue weighted by Crippen LogP contribution is -2.22. The Labute approximate surface area is 194 Å². The van der Waals surface area contributed by atoms with Gasteiger partial charge < -0.3 is 20.7 Å². The van der Waals surface area contributed by atoms with E-state index in [2.05, 4.69) is 31.1 Å². The van der Waals surface area contributed by atoms with Crippen molar-refractivity contribution in [3.8, 4) is 23.1 Å². The molecule has 0 spiro atoms. The second kappa shape index (κ2) is 9.50. The summed E-state index contributed by atoms with van der Waals surface area (Å²) in [6.07, 6.45) is 2.67. The van der Waals surface area contributed by atoms with Gasteiger partial charge in [-0.05, 0) is 31.0 Å². The van der Waals surface area contributed by atoms with Crippen LogP contribution in [0.2, 0.25) is 0 Å². The Morgan fingerprint density at radius 2 is 2.00 bits per heavy atom. The molecule has 0 bridgehead atoms. The number of benzene rings is 1. The smallest absolute Gasteiger partial charge is 0.273 e. The van der Waals surface area contributed by atoms with E-state index in [4.69, 9.17) is 4.74 Å². The van der Waals surface area contributed by atoms with Crippen LogP contribution in [0.1, 0.15) is 28.9 Å². The SMILES string of the molecule is CNC(=O)c1nnc(NC(=O)C2CC2)cc1Nc1cccc(-c2ncc(F)cc2C#N)c1OC. The molecule has 0 unspecified atom stereocenters. The summed E-state index contributed by atoms with van der Waals surface area (Å²) in [5.41, 5.74) is 1.40. The molecule has 1 aliphatic rings. The van der Waals surface area contributed by atoms with Crippen molar-refractivity contribution in [1.82, 2.24) is 20.5 Å². The number of pyridine rings is 1. The first-order chi connectivity index (χ1) is 16.4. The third-order valence-electron chi connectivity index (χ3n) is 5.15. The number of nitrogens with one attached hydrogen (secondary N) is 3. The zero-order valence-electron chi connectivity index (χ0n) is 18.3. The van der Waals surface area contributed by atoms with Crippen LogP contribution in [0.15, 0.2) is 36.5 Å². The lowest BCUT2D eigenvalue weighted by Gasteiger charge is -2.17. The Balaban J connectivity index is 1.76. The molecular weight excluding hydrogens is 441 g/mol. The average molecular weight is 461 g/mol. The molecule has 3 N–H and O–H groups in total. The zero-order chi connectivity index (χ0) is 24.2. The van der Waals surface area contributed by atoms with Crippen LogP contribution in [-0.4, -0.2) is 41.2 Å². The first-order valence-electron chi connectivity index (χ1n) is 10.4. The van der Waals surface area contributed by atoms with E-state index in [9.17, 15) is 19.2 Å². The van der Waals surface area contributed by atoms with Crippen molar-refractivity contribution in [1.29, 1.82) is 5.26 Å². The maximum atomic E-state index is 13.6. The number of carbonyl (C=O) groups is 2. The molecule has 172 valence electrons. The van der Waals surface area contributed by atoms with Crippen LogP contribution in [0.4, 0.5) is 21.6 Å². The predicted octanol–water partition coefficient (Wildman–Crippen LogP) is 3.01. The Morgan fingerprint density at radius 1 is 1.21 bits per heavy atom. The van der Waals surface area contributed by atoms with Crippen molar-refractivity contribution >= 4 is 29.0 Å². The van der Waals surface area contributed by atoms with Gasteiger partial charge in [0.25, 0.3) is 5.91 Å². The molecule has 2 heterocycles. The number of para-hydroxylation sites is 1. The number of nitriles is 1. The number of aromatic nitrogens is 3. The third-order valence-corrected chi connectivity index (χ3v) is 5.15. The van der Waals surface area contributed by atoms with E-state index in [-0.39, 0.29) is 40.3 Å². The van der Waals surface area contributed by atoms with Gasteiger partial charge in [0.15, 0.2) is 17.3 Å². The highest BCUT2D eigenvalue weighted by atomic mass is 19.1. The molecule has 3 aromatic rings. The zero-order valence-corrected chi connectivity index (χ0v) is 18.3. The molecule has 1 aliphatic carbocycles. The van der Waals surface area contributed by atoms with E-state index in [1.165, 1.54) is 20.2 Å². The Morgan fingerprint density at radius 3 is 2.68 bits per heavy atom. The van der Waals surface area contributed by atoms with Crippen LogP contribution in [0, 0.1) is 23.1 Å². The van der Waals surface area contributed by atoms with Crippen LogP contribution in [0.3, 0.4) is 0 Å². The van der Waals surface area contributed by atoms with Crippen molar-refractivity contribution in [3.05, 3.63) is 53.6 Å². The molecule has 10 nitrogen and oxygen atoms in total. The van der Waals surface area contributed by atoms with E-state index in [0.717, 1.165) is 25.1 Å². The quantitative estimate of drug-likeness (QED) is 0.487. The van der Waals surface area contributed by atoms with Crippen molar-refractivity contribution in [2.45, 2.75) is 12.8 Å². The molecular formula is C23H20FN7O3. The van der Waals surface area contributed by atoms with E-state index in [1.54, 1.807) is 18.2 Å². The molecule has 2 amide bonds. The summed E-state index contributed by atoms with van der Waals surface area (Å²) in [5, 5.41) is 25.7. The summed E-state index contributed by atoms with van der Waals surface area (Å²) in [4.78, 5) is 28.6. The van der Waals surface area contributed by atoms with E-state index >= 15 is 0 Å². The van der Waals surface area contributed by atoms with Crippen molar-refractivity contribution < 1.29 is 18.7 Å². The van der Waals surface area contributed by atoms with Crippen molar-refractivity contribution in [2.24, 2.45) is 5.92 Å². The summed E-state index contributed by atoms with van der Waals surface area (Å²) in [6.45, 7) is 0. The number of methoxy groups -OCH3 is 1. The molecule has 0 saturated heterocycles. The molecule has 1 aromatic carbocycles. The maximum Gasteiger partial charge on any atom is 0.273 e. The fourth-order valence-electron chi connectivity index (χ4n) is 3.33. The lowest BCUT2D eigenvalue weighted by atomic mass is 10.0. The second-order valence-electron chi connectivity index (χ2n) is 7.51. The van der Waals surface area contributed by atoms with Crippen LogP contribution >= 0.6 is 0 Å². The molecule has 0 atom stereocenters. The number of anilines is 3. The van der Waals surface area contributed by atoms with Crippen LogP contribution < -0.4 is 20.7 Å². The minimum Gasteiger partial charge on any atom is -0.494 e. The lowest BCUT2D eigenvalue weighted by molar-refractivity contribution is -0.117. The summed E-state index contributed by atoms with van der Waals surface area (Å²) in [5.74, 6) is -0.815. The molecule has 1 saturated carbocycles. The van der Waals surface area contributed by atoms with Gasteiger partial charge in [-0.2, -0.15) is 5.26 Å². The number of hydrogen-bond acceptors (Lipinski definition) is 8. The van der Waals surface area contributed by atoms with Gasteiger partial charge in [0.2, 0.25) is 5.91 Å². The number of halogens is 1. The van der Waals surface area contributed by atoms with E-state index < -0.39 is 11.7 Å². The average Bonchev–Trinajstić information content (AvgIpc) is 3.69. The van der Waals surface area contributed by atoms with Gasteiger partial charge in [0.1, 0.15) is 11.9 Å². The molecule has 0 aliphatic heterocycles. The normalized spacial score (nSPS) is 12.4. The highest BCUT2D eigenvalue weighted by Gasteiger charge is 2.30. The molecule has 34 heavy (non-hydrogen) atoms. The van der Waals surface area contributed by atoms with Gasteiger partial charge in [-0.15, -0.1) is 10.2 Å². The van der Waals surface area contributed by atoms with Gasteiger partial charge in [-0.1, -0.05) is 6.07 Å². The van der Waals surface area contributed by atoms with E-state index in [1.807, 2.05) is 6.07 Å². The minimum absolute atomic E-state index is 0.00278. The van der Waals surface area contributed by atoms with Gasteiger partial charge in [0.05, 0.1) is 35.9 Å². The first kappa shape index (κ1) is 22.6. The fourth-order valence-corrected chi connectivity index (χ4v) is 3.33. The highest BCUT2D eigenvalue weighted by Crippen LogP contribution is 2.39. The Kier molecular flexibility index (Phi) is 6.31. The van der Waals surface area contributed by atoms with Crippen LogP contribution in [0.5, 0.6) is 5.75 Å². The Hall–Kier alpha value is -4.59. The summed E-state index contributed by atoms with van der Waals surface area (Å²) >= 11 is 0. The fraction of sp³-hybridized carbons (Fsp3) is 0.217. The van der Waals surface area contributed by atoms with E-state index in [0.29, 0.717) is 17.0 Å². The van der Waals surface area contributed by atoms with Gasteiger partial charge in [-0.25, -0.2) is 4.39 Å². The highest BCUT2D eigenvalue weighted by molar-refractivity contribution is 6.00. The number of hydrogen-bond donors (Lipinski definition) is 3. The Bertz CT molecular complexity index is 1320. The van der Waals surface area contributed by atoms with Gasteiger partial charge in [0, 0.05) is 24.6 Å². The number of amides is 2. The molecule has 1 fully saturated rings. The topological polar surface area (TPSA) is 142 Å². The van der Waals surface area contributed by atoms with Crippen molar-refractivity contribution in [2.75, 3.05) is 24.8 Å². The number of rotatable bonds is 7. The second-order valence-corrected chi connectivity index (χ2v) is 7.51. The van der Waals surface area contributed by atoms with Crippen LogP contribution in [-0.2, 0) is 4.79 Å². The van der Waals surface area contributed by atoms with Gasteiger partial charge in [-0.3, -0.25) is 14.6 Å². The summed E-state index contributed by atoms with van der Waals surface area (Å²) in [7, 11) is 2.90. The maximum absolute atomic E-state index is 13.6. The van der Waals surface area contributed by atoms with Crippen LogP contribution in [0.25, 0.3) is 11.3 Å². The molecule has 0 radical (unpaired) electrons. The molecule has 11 heteroatoms. The monoisotopic (exact) mass is 461 g/mol. The molecule has 2 aromatic heterocycles. The third kappa shape index (κ3) is 4.61. The number of carbonyl (C=O) groups excluding carboxylic acids is 2. The minimum atomic E-state index is -0.632. The molecule has 4 rings (SSSR count). The summed E-state index contributed by atoms with van der Waals surface area (Å²) < 4.78 is 19.2. The number of nitrogens with zero attached hydrogens (tertiary/aromatic N) is 4. The first-order valence-corrected chi connectivity index (χ1v) is 10.4. The summed E-state index contributed by atoms with van der Waals surface area (Å²) in [6, 6.07) is 9.59. The largest absolute Gasteiger partial charge is 0.494 e. The van der Waals surface area contributed by atoms with Crippen molar-refractivity contribution in [3.63, 3.8) is 0 Å². The predicted molar refractivity (Wildman–Crippen MR) is 121 cm³/mol. The standard InChI is InChI=1S/C23H20FN7O3/c1-26-23(33)20-17(9-18(30-31-20)29-22(32)12-6-7-12)28-16-5-3-4-15(21(16)34-2)19-13(10-25)8-14(24)11-27-19/h3-5,8-9,11-12H,6-7H2,1-2H3,(H,26,33)(H2,28,29,30,32). The number of ether oxygens (including phenoxy) is 1. The van der Waals surface area contributed by atoms with Gasteiger partial charge >= 0.3 is 0 Å².